The summed E-state index contributed by atoms with van der Waals surface area (Å²) in [6, 6.07) is 4.86. The summed E-state index contributed by atoms with van der Waals surface area (Å²) < 4.78 is 31.7. The van der Waals surface area contributed by atoms with Gasteiger partial charge in [-0.05, 0) is 25.5 Å². The van der Waals surface area contributed by atoms with Crippen molar-refractivity contribution in [3.05, 3.63) is 29.3 Å². The Labute approximate surface area is 135 Å². The summed E-state index contributed by atoms with van der Waals surface area (Å²) >= 11 is 0. The number of aryl methyl sites for hydroxylation is 1. The average molecular weight is 335 g/mol. The molecule has 0 radical (unpaired) electrons. The van der Waals surface area contributed by atoms with Crippen LogP contribution in [0.5, 0.6) is 5.75 Å². The van der Waals surface area contributed by atoms with Gasteiger partial charge in [-0.2, -0.15) is 0 Å². The van der Waals surface area contributed by atoms with E-state index in [0.29, 0.717) is 12.4 Å². The van der Waals surface area contributed by atoms with E-state index in [2.05, 4.69) is 10.6 Å². The van der Waals surface area contributed by atoms with Gasteiger partial charge in [0, 0.05) is 18.5 Å². The van der Waals surface area contributed by atoms with Crippen molar-refractivity contribution in [2.24, 2.45) is 0 Å². The highest BCUT2D eigenvalue weighted by atomic mass is 35.5. The monoisotopic (exact) mass is 334 g/mol. The van der Waals surface area contributed by atoms with Crippen LogP contribution >= 0.6 is 12.4 Å². The van der Waals surface area contributed by atoms with E-state index in [9.17, 15) is 13.6 Å². The molecule has 1 fully saturated rings. The molecule has 22 heavy (non-hydrogen) atoms. The van der Waals surface area contributed by atoms with Crippen LogP contribution in [-0.2, 0) is 11.3 Å². The number of hydrogen-bond donors (Lipinski definition) is 2. The molecule has 0 aromatic heterocycles. The third-order valence-electron chi connectivity index (χ3n) is 3.40. The lowest BCUT2D eigenvalue weighted by Crippen LogP contribution is -2.40. The summed E-state index contributed by atoms with van der Waals surface area (Å²) in [5, 5.41) is 5.22. The smallest absolute Gasteiger partial charge is 0.262 e. The van der Waals surface area contributed by atoms with Crippen molar-refractivity contribution >= 4 is 18.3 Å². The molecule has 124 valence electrons. The van der Waals surface area contributed by atoms with E-state index >= 15 is 0 Å². The first kappa shape index (κ1) is 18.6. The van der Waals surface area contributed by atoms with Crippen molar-refractivity contribution in [2.45, 2.75) is 38.8 Å². The van der Waals surface area contributed by atoms with E-state index in [1.807, 2.05) is 32.0 Å². The number of halogens is 3. The number of alkyl halides is 2. The van der Waals surface area contributed by atoms with Crippen LogP contribution < -0.4 is 15.4 Å². The predicted octanol–water partition coefficient (Wildman–Crippen LogP) is 2.43. The fourth-order valence-electron chi connectivity index (χ4n) is 2.30. The molecule has 1 heterocycles. The molecule has 0 saturated carbocycles. The number of ether oxygens (including phenoxy) is 1. The van der Waals surface area contributed by atoms with Gasteiger partial charge in [-0.3, -0.25) is 10.1 Å². The second-order valence-electron chi connectivity index (χ2n) is 5.26. The number of benzene rings is 1. The Morgan fingerprint density at radius 1 is 1.50 bits per heavy atom. The SMILES string of the molecule is CCOc1cc(C)ccc1CNC(=O)C1CC(F)(F)CN1.Cl. The highest BCUT2D eigenvalue weighted by Gasteiger charge is 2.42. The molecule has 0 spiro atoms. The summed E-state index contributed by atoms with van der Waals surface area (Å²) in [6.07, 6.45) is -0.453. The summed E-state index contributed by atoms with van der Waals surface area (Å²) in [5.74, 6) is -2.50. The Morgan fingerprint density at radius 2 is 2.23 bits per heavy atom. The Hall–Kier alpha value is -1.40. The number of hydrogen-bond acceptors (Lipinski definition) is 3. The Kier molecular flexibility index (Phi) is 6.56. The molecule has 1 aromatic rings. The molecule has 2 rings (SSSR count). The normalized spacial score (nSPS) is 19.4. The third kappa shape index (κ3) is 4.81. The van der Waals surface area contributed by atoms with Crippen LogP contribution in [0.3, 0.4) is 0 Å². The summed E-state index contributed by atoms with van der Waals surface area (Å²) in [4.78, 5) is 11.9. The lowest BCUT2D eigenvalue weighted by Gasteiger charge is -2.14. The highest BCUT2D eigenvalue weighted by Crippen LogP contribution is 2.25. The van der Waals surface area contributed by atoms with Crippen LogP contribution in [0.2, 0.25) is 0 Å². The van der Waals surface area contributed by atoms with Crippen molar-refractivity contribution < 1.29 is 18.3 Å². The van der Waals surface area contributed by atoms with Gasteiger partial charge in [0.15, 0.2) is 0 Å². The summed E-state index contributed by atoms with van der Waals surface area (Å²) in [5.41, 5.74) is 1.89. The Bertz CT molecular complexity index is 526. The van der Waals surface area contributed by atoms with Gasteiger partial charge in [0.2, 0.25) is 5.91 Å². The molecule has 1 unspecified atom stereocenters. The fraction of sp³-hybridized carbons (Fsp3) is 0.533. The highest BCUT2D eigenvalue weighted by molar-refractivity contribution is 5.85. The molecule has 7 heteroatoms. The zero-order valence-corrected chi connectivity index (χ0v) is 13.4. The minimum Gasteiger partial charge on any atom is -0.494 e. The molecule has 1 aliphatic rings. The van der Waals surface area contributed by atoms with Crippen molar-refractivity contribution in [1.29, 1.82) is 0 Å². The number of carbonyl (C=O) groups is 1. The van der Waals surface area contributed by atoms with E-state index in [4.69, 9.17) is 4.74 Å². The average Bonchev–Trinajstić information content (AvgIpc) is 2.78. The van der Waals surface area contributed by atoms with Crippen LogP contribution in [-0.4, -0.2) is 31.0 Å². The molecule has 1 aromatic carbocycles. The van der Waals surface area contributed by atoms with Crippen LogP contribution in [0.1, 0.15) is 24.5 Å². The minimum atomic E-state index is -2.80. The van der Waals surface area contributed by atoms with Gasteiger partial charge in [0.25, 0.3) is 5.92 Å². The van der Waals surface area contributed by atoms with Gasteiger partial charge >= 0.3 is 0 Å². The second kappa shape index (κ2) is 7.74. The van der Waals surface area contributed by atoms with Gasteiger partial charge in [-0.25, -0.2) is 8.78 Å². The zero-order valence-electron chi connectivity index (χ0n) is 12.6. The minimum absolute atomic E-state index is 0. The number of amides is 1. The topological polar surface area (TPSA) is 50.4 Å². The maximum Gasteiger partial charge on any atom is 0.262 e. The fourth-order valence-corrected chi connectivity index (χ4v) is 2.30. The summed E-state index contributed by atoms with van der Waals surface area (Å²) in [7, 11) is 0. The van der Waals surface area contributed by atoms with Gasteiger partial charge in [-0.1, -0.05) is 12.1 Å². The van der Waals surface area contributed by atoms with Crippen LogP contribution in [0.4, 0.5) is 8.78 Å². The molecule has 0 bridgehead atoms. The predicted molar refractivity (Wildman–Crippen MR) is 82.8 cm³/mol. The standard InChI is InChI=1S/C15H20F2N2O2.ClH/c1-3-21-13-6-10(2)4-5-11(13)8-18-14(20)12-7-15(16,17)9-19-12;/h4-6,12,19H,3,7-9H2,1-2H3,(H,18,20);1H. The molecular formula is C15H21ClF2N2O2. The van der Waals surface area contributed by atoms with Crippen LogP contribution in [0.15, 0.2) is 18.2 Å². The first-order chi connectivity index (χ1) is 9.91. The van der Waals surface area contributed by atoms with Crippen molar-refractivity contribution in [2.75, 3.05) is 13.2 Å². The number of nitrogens with one attached hydrogen (secondary N) is 2. The Balaban J connectivity index is 0.00000242. The van der Waals surface area contributed by atoms with Gasteiger partial charge in [0.1, 0.15) is 5.75 Å². The second-order valence-corrected chi connectivity index (χ2v) is 5.26. The maximum absolute atomic E-state index is 13.1. The lowest BCUT2D eigenvalue weighted by molar-refractivity contribution is -0.123. The van der Waals surface area contributed by atoms with E-state index in [0.717, 1.165) is 11.1 Å². The number of carbonyl (C=O) groups excluding carboxylic acids is 1. The largest absolute Gasteiger partial charge is 0.494 e. The van der Waals surface area contributed by atoms with Crippen molar-refractivity contribution in [3.63, 3.8) is 0 Å². The van der Waals surface area contributed by atoms with Crippen molar-refractivity contribution in [1.82, 2.24) is 10.6 Å². The van der Waals surface area contributed by atoms with E-state index in [-0.39, 0.29) is 19.0 Å². The van der Waals surface area contributed by atoms with Gasteiger partial charge < -0.3 is 10.1 Å². The van der Waals surface area contributed by atoms with Gasteiger partial charge in [-0.15, -0.1) is 12.4 Å². The van der Waals surface area contributed by atoms with Crippen LogP contribution in [0.25, 0.3) is 0 Å². The molecule has 4 nitrogen and oxygen atoms in total. The number of rotatable bonds is 5. The van der Waals surface area contributed by atoms with Crippen LogP contribution in [0, 0.1) is 6.92 Å². The molecule has 1 atom stereocenters. The van der Waals surface area contributed by atoms with E-state index in [1.54, 1.807) is 0 Å². The lowest BCUT2D eigenvalue weighted by atomic mass is 10.1. The molecule has 0 aliphatic carbocycles. The van der Waals surface area contributed by atoms with E-state index < -0.39 is 30.8 Å². The third-order valence-corrected chi connectivity index (χ3v) is 3.40. The molecular weight excluding hydrogens is 314 g/mol. The Morgan fingerprint density at radius 3 is 2.82 bits per heavy atom. The molecule has 1 aliphatic heterocycles. The first-order valence-electron chi connectivity index (χ1n) is 7.02. The van der Waals surface area contributed by atoms with Crippen molar-refractivity contribution in [3.8, 4) is 5.75 Å². The summed E-state index contributed by atoms with van der Waals surface area (Å²) in [6.45, 7) is 4.18. The quantitative estimate of drug-likeness (QED) is 0.869. The zero-order chi connectivity index (χ0) is 15.5. The molecule has 2 N–H and O–H groups in total. The van der Waals surface area contributed by atoms with Gasteiger partial charge in [0.05, 0.1) is 19.2 Å². The maximum atomic E-state index is 13.1. The first-order valence-corrected chi connectivity index (χ1v) is 7.02. The molecule has 1 saturated heterocycles. The molecule has 1 amide bonds. The van der Waals surface area contributed by atoms with E-state index in [1.165, 1.54) is 0 Å².